The number of hydrogen-bond acceptors (Lipinski definition) is 4. The van der Waals surface area contributed by atoms with E-state index < -0.39 is 0 Å². The summed E-state index contributed by atoms with van der Waals surface area (Å²) in [5.41, 5.74) is 5.22. The minimum atomic E-state index is -0.281. The highest BCUT2D eigenvalue weighted by Crippen LogP contribution is 1.99. The van der Waals surface area contributed by atoms with Gasteiger partial charge in [-0.3, -0.25) is 0 Å². The normalized spacial score (nSPS) is 21.7. The monoisotopic (exact) mass is 204 g/mol. The first-order valence-electron chi connectivity index (χ1n) is 4.93. The highest BCUT2D eigenvalue weighted by Gasteiger charge is 2.19. The minimum absolute atomic E-state index is 0.00926. The summed E-state index contributed by atoms with van der Waals surface area (Å²) >= 11 is 0. The third-order valence-electron chi connectivity index (χ3n) is 1.99. The van der Waals surface area contributed by atoms with E-state index in [1.807, 2.05) is 13.8 Å². The number of cyclic esters (lactones) is 1. The van der Waals surface area contributed by atoms with Gasteiger partial charge >= 0.3 is 6.09 Å². The number of amides is 1. The van der Waals surface area contributed by atoms with Gasteiger partial charge in [0.25, 0.3) is 0 Å². The Morgan fingerprint density at radius 2 is 2.36 bits per heavy atom. The number of nitrogens with two attached hydrogens (primary N) is 1. The number of ether oxygens (including phenoxy) is 1. The summed E-state index contributed by atoms with van der Waals surface area (Å²) in [6.45, 7) is 4.60. The lowest BCUT2D eigenvalue weighted by Crippen LogP contribution is -2.24. The number of aliphatic hydroxyl groups is 1. The number of carbonyl (C=O) groups excluding carboxylic acids is 1. The van der Waals surface area contributed by atoms with Crippen LogP contribution in [0.15, 0.2) is 0 Å². The van der Waals surface area contributed by atoms with Gasteiger partial charge in [0, 0.05) is 6.04 Å². The van der Waals surface area contributed by atoms with Gasteiger partial charge in [0.2, 0.25) is 0 Å². The molecule has 0 radical (unpaired) electrons. The molecule has 1 aliphatic heterocycles. The zero-order chi connectivity index (χ0) is 11.0. The van der Waals surface area contributed by atoms with E-state index in [9.17, 15) is 4.79 Å². The Morgan fingerprint density at radius 3 is 2.50 bits per heavy atom. The van der Waals surface area contributed by atoms with E-state index >= 15 is 0 Å². The van der Waals surface area contributed by atoms with Gasteiger partial charge in [0.1, 0.15) is 6.61 Å². The largest absolute Gasteiger partial charge is 0.447 e. The summed E-state index contributed by atoms with van der Waals surface area (Å²) in [6, 6.07) is 0.243. The SMILES string of the molecule is CC[C@@H](N)CO.CC[C@@H]1COC(=O)N1. The van der Waals surface area contributed by atoms with Crippen LogP contribution in [0, 0.1) is 0 Å². The first-order valence-corrected chi connectivity index (χ1v) is 4.93. The van der Waals surface area contributed by atoms with E-state index in [4.69, 9.17) is 10.8 Å². The van der Waals surface area contributed by atoms with E-state index in [-0.39, 0.29) is 24.8 Å². The molecule has 0 aromatic rings. The summed E-state index contributed by atoms with van der Waals surface area (Å²) < 4.78 is 4.61. The molecular weight excluding hydrogens is 184 g/mol. The molecule has 1 fully saturated rings. The maximum atomic E-state index is 10.3. The van der Waals surface area contributed by atoms with Crippen molar-refractivity contribution < 1.29 is 14.6 Å². The fraction of sp³-hybridized carbons (Fsp3) is 0.889. The van der Waals surface area contributed by atoms with Crippen molar-refractivity contribution in [1.29, 1.82) is 0 Å². The Bertz CT molecular complexity index is 160. The number of carbonyl (C=O) groups is 1. The fourth-order valence-electron chi connectivity index (χ4n) is 0.775. The Hall–Kier alpha value is -0.810. The van der Waals surface area contributed by atoms with Crippen molar-refractivity contribution >= 4 is 6.09 Å². The molecular formula is C9H20N2O3. The number of nitrogens with one attached hydrogen (secondary N) is 1. The maximum Gasteiger partial charge on any atom is 0.407 e. The molecule has 0 aromatic heterocycles. The van der Waals surface area contributed by atoms with E-state index in [0.29, 0.717) is 6.61 Å². The van der Waals surface area contributed by atoms with Crippen molar-refractivity contribution in [2.45, 2.75) is 38.8 Å². The number of rotatable bonds is 3. The molecule has 84 valence electrons. The number of aliphatic hydroxyl groups excluding tert-OH is 1. The number of hydrogen-bond donors (Lipinski definition) is 3. The lowest BCUT2D eigenvalue weighted by atomic mass is 10.3. The van der Waals surface area contributed by atoms with Crippen molar-refractivity contribution in [3.05, 3.63) is 0 Å². The minimum Gasteiger partial charge on any atom is -0.447 e. The van der Waals surface area contributed by atoms with Crippen LogP contribution < -0.4 is 11.1 Å². The molecule has 0 bridgehead atoms. The van der Waals surface area contributed by atoms with Crippen LogP contribution >= 0.6 is 0 Å². The second-order valence-corrected chi connectivity index (χ2v) is 3.20. The molecule has 0 aliphatic carbocycles. The first kappa shape index (κ1) is 13.2. The lowest BCUT2D eigenvalue weighted by Gasteiger charge is -1.98. The van der Waals surface area contributed by atoms with Crippen molar-refractivity contribution in [3.8, 4) is 0 Å². The van der Waals surface area contributed by atoms with Gasteiger partial charge in [-0.15, -0.1) is 0 Å². The number of alkyl carbamates (subject to hydrolysis) is 1. The fourth-order valence-corrected chi connectivity index (χ4v) is 0.775. The average Bonchev–Trinajstić information content (AvgIpc) is 2.64. The third kappa shape index (κ3) is 5.77. The molecule has 1 aliphatic rings. The van der Waals surface area contributed by atoms with Crippen LogP contribution in [0.4, 0.5) is 4.79 Å². The summed E-state index contributed by atoms with van der Waals surface area (Å²) in [5.74, 6) is 0. The topological polar surface area (TPSA) is 84.6 Å². The van der Waals surface area contributed by atoms with Crippen molar-refractivity contribution in [2.75, 3.05) is 13.2 Å². The highest BCUT2D eigenvalue weighted by atomic mass is 16.6. The zero-order valence-corrected chi connectivity index (χ0v) is 8.82. The smallest absolute Gasteiger partial charge is 0.407 e. The second kappa shape index (κ2) is 7.58. The summed E-state index contributed by atoms with van der Waals surface area (Å²) in [6.07, 6.45) is 1.53. The molecule has 0 saturated carbocycles. The molecule has 4 N–H and O–H groups in total. The van der Waals surface area contributed by atoms with Gasteiger partial charge in [0.15, 0.2) is 0 Å². The summed E-state index contributed by atoms with van der Waals surface area (Å²) in [7, 11) is 0. The molecule has 1 rings (SSSR count). The Kier molecular flexibility index (Phi) is 7.14. The molecule has 1 heterocycles. The summed E-state index contributed by atoms with van der Waals surface area (Å²) in [4.78, 5) is 10.3. The Balaban J connectivity index is 0.000000255. The second-order valence-electron chi connectivity index (χ2n) is 3.20. The van der Waals surface area contributed by atoms with Crippen LogP contribution in [-0.2, 0) is 4.74 Å². The molecule has 0 spiro atoms. The zero-order valence-electron chi connectivity index (χ0n) is 8.82. The van der Waals surface area contributed by atoms with E-state index in [0.717, 1.165) is 12.8 Å². The predicted octanol–water partition coefficient (Wildman–Crippen LogP) is 0.221. The van der Waals surface area contributed by atoms with Crippen LogP contribution in [0.25, 0.3) is 0 Å². The van der Waals surface area contributed by atoms with Crippen LogP contribution in [0.3, 0.4) is 0 Å². The third-order valence-corrected chi connectivity index (χ3v) is 1.99. The van der Waals surface area contributed by atoms with Gasteiger partial charge in [-0.2, -0.15) is 0 Å². The van der Waals surface area contributed by atoms with Crippen molar-refractivity contribution in [3.63, 3.8) is 0 Å². The van der Waals surface area contributed by atoms with Crippen LogP contribution in [-0.4, -0.2) is 36.5 Å². The standard InChI is InChI=1S/C5H9NO2.C4H11NO/c1-2-4-3-8-5(7)6-4;1-2-4(5)3-6/h4H,2-3H2,1H3,(H,6,7);4,6H,2-3,5H2,1H3/t2*4-/m11/s1. The quantitative estimate of drug-likeness (QED) is 0.614. The van der Waals surface area contributed by atoms with E-state index in [2.05, 4.69) is 10.1 Å². The van der Waals surface area contributed by atoms with Gasteiger partial charge in [-0.1, -0.05) is 13.8 Å². The van der Waals surface area contributed by atoms with Gasteiger partial charge < -0.3 is 20.9 Å². The first-order chi connectivity index (χ1) is 6.63. The maximum absolute atomic E-state index is 10.3. The van der Waals surface area contributed by atoms with E-state index in [1.54, 1.807) is 0 Å². The molecule has 2 atom stereocenters. The summed E-state index contributed by atoms with van der Waals surface area (Å²) in [5, 5.41) is 10.9. The van der Waals surface area contributed by atoms with Crippen LogP contribution in [0.1, 0.15) is 26.7 Å². The highest BCUT2D eigenvalue weighted by molar-refractivity contribution is 5.69. The van der Waals surface area contributed by atoms with Crippen LogP contribution in [0.5, 0.6) is 0 Å². The van der Waals surface area contributed by atoms with Crippen LogP contribution in [0.2, 0.25) is 0 Å². The van der Waals surface area contributed by atoms with E-state index in [1.165, 1.54) is 0 Å². The molecule has 0 unspecified atom stereocenters. The molecule has 5 heteroatoms. The molecule has 14 heavy (non-hydrogen) atoms. The molecule has 0 aromatic carbocycles. The van der Waals surface area contributed by atoms with Gasteiger partial charge in [-0.25, -0.2) is 4.79 Å². The van der Waals surface area contributed by atoms with Gasteiger partial charge in [-0.05, 0) is 12.8 Å². The Morgan fingerprint density at radius 1 is 1.71 bits per heavy atom. The predicted molar refractivity (Wildman–Crippen MR) is 53.9 cm³/mol. The average molecular weight is 204 g/mol. The molecule has 1 saturated heterocycles. The Labute approximate surface area is 84.6 Å². The molecule has 1 amide bonds. The van der Waals surface area contributed by atoms with Crippen molar-refractivity contribution in [2.24, 2.45) is 5.73 Å². The molecule has 5 nitrogen and oxygen atoms in total. The lowest BCUT2D eigenvalue weighted by molar-refractivity contribution is 0.176. The van der Waals surface area contributed by atoms with Gasteiger partial charge in [0.05, 0.1) is 12.6 Å². The van der Waals surface area contributed by atoms with Crippen molar-refractivity contribution in [1.82, 2.24) is 5.32 Å².